The van der Waals surface area contributed by atoms with Gasteiger partial charge in [-0.15, -0.1) is 0 Å². The molecular weight excluding hydrogens is 204 g/mol. The molecule has 1 heterocycles. The zero-order valence-electron chi connectivity index (χ0n) is 7.82. The maximum atomic E-state index is 10.6. The smallest absolute Gasteiger partial charge is 0.259 e. The second-order valence-corrected chi connectivity index (χ2v) is 3.09. The number of pyridine rings is 1. The average molecular weight is 213 g/mol. The van der Waals surface area contributed by atoms with E-state index < -0.39 is 4.92 Å². The van der Waals surface area contributed by atoms with Crippen LogP contribution in [0.5, 0.6) is 0 Å². The second-order valence-electron chi connectivity index (χ2n) is 2.69. The molecule has 0 aromatic carbocycles. The van der Waals surface area contributed by atoms with Crippen LogP contribution in [0.1, 0.15) is 13.8 Å². The first-order chi connectivity index (χ1) is 6.57. The number of nitrogens with zero attached hydrogens (tertiary/aromatic N) is 2. The molecule has 0 saturated heterocycles. The van der Waals surface area contributed by atoms with Crippen molar-refractivity contribution in [2.75, 3.05) is 0 Å². The summed E-state index contributed by atoms with van der Waals surface area (Å²) in [5.74, 6) is 0. The molecule has 0 spiro atoms. The van der Waals surface area contributed by atoms with Crippen molar-refractivity contribution in [1.82, 2.24) is 4.98 Å². The monoisotopic (exact) mass is 212 g/mol. The Hall–Kier alpha value is -1.42. The van der Waals surface area contributed by atoms with E-state index in [1.54, 1.807) is 19.1 Å². The minimum atomic E-state index is -0.467. The van der Waals surface area contributed by atoms with E-state index in [-0.39, 0.29) is 5.70 Å². The lowest BCUT2D eigenvalue weighted by Crippen LogP contribution is -2.32. The lowest BCUT2D eigenvalue weighted by atomic mass is 10.3. The summed E-state index contributed by atoms with van der Waals surface area (Å²) in [5.41, 5.74) is 0.000556. The van der Waals surface area contributed by atoms with Crippen LogP contribution in [0.4, 0.5) is 0 Å². The van der Waals surface area contributed by atoms with Crippen molar-refractivity contribution in [3.63, 3.8) is 0 Å². The molecule has 0 atom stereocenters. The molecule has 1 aromatic rings. The van der Waals surface area contributed by atoms with Crippen molar-refractivity contribution in [1.29, 1.82) is 0 Å². The van der Waals surface area contributed by atoms with Crippen molar-refractivity contribution >= 4 is 23.4 Å². The first-order valence-corrected chi connectivity index (χ1v) is 4.38. The lowest BCUT2D eigenvalue weighted by Gasteiger charge is -1.93. The van der Waals surface area contributed by atoms with Crippen molar-refractivity contribution in [2.24, 2.45) is 0 Å². The Morgan fingerprint density at radius 3 is 2.86 bits per heavy atom. The summed E-state index contributed by atoms with van der Waals surface area (Å²) in [6, 6.07) is 1.60. The van der Waals surface area contributed by atoms with E-state index in [9.17, 15) is 10.1 Å². The molecule has 1 aromatic heterocycles. The molecule has 0 aliphatic rings. The molecule has 0 bridgehead atoms. The molecule has 0 aliphatic heterocycles. The quantitative estimate of drug-likeness (QED) is 0.514. The number of halogens is 1. The molecule has 0 N–H and O–H groups in total. The second kappa shape index (κ2) is 4.19. The summed E-state index contributed by atoms with van der Waals surface area (Å²) < 4.78 is 0. The van der Waals surface area contributed by atoms with Crippen LogP contribution in [0.15, 0.2) is 12.3 Å². The van der Waals surface area contributed by atoms with Gasteiger partial charge in [0.25, 0.3) is 5.70 Å². The number of aromatic nitrogens is 1. The molecule has 0 unspecified atom stereocenters. The van der Waals surface area contributed by atoms with Gasteiger partial charge in [0.1, 0.15) is 5.35 Å². The van der Waals surface area contributed by atoms with Crippen molar-refractivity contribution in [3.05, 3.63) is 38.0 Å². The van der Waals surface area contributed by atoms with Crippen LogP contribution in [0, 0.1) is 10.1 Å². The van der Waals surface area contributed by atoms with Gasteiger partial charge in [0.15, 0.2) is 0 Å². The summed E-state index contributed by atoms with van der Waals surface area (Å²) in [7, 11) is 0. The van der Waals surface area contributed by atoms with E-state index in [1.807, 2.05) is 0 Å². The van der Waals surface area contributed by atoms with Crippen molar-refractivity contribution in [2.45, 2.75) is 13.8 Å². The largest absolute Gasteiger partial charge is 0.269 e. The van der Waals surface area contributed by atoms with Gasteiger partial charge in [-0.05, 0) is 13.0 Å². The fourth-order valence-electron chi connectivity index (χ4n) is 1.10. The van der Waals surface area contributed by atoms with Crippen LogP contribution in [0.2, 0.25) is 5.02 Å². The first kappa shape index (κ1) is 10.7. The van der Waals surface area contributed by atoms with Gasteiger partial charge in [0.2, 0.25) is 0 Å². The van der Waals surface area contributed by atoms with Crippen LogP contribution in [0.25, 0.3) is 11.8 Å². The number of nitro groups is 1. The van der Waals surface area contributed by atoms with Gasteiger partial charge in [0.05, 0.1) is 9.95 Å². The minimum absolute atomic E-state index is 0.000556. The van der Waals surface area contributed by atoms with E-state index in [1.165, 1.54) is 13.1 Å². The number of hydrogen-bond acceptors (Lipinski definition) is 3. The maximum Gasteiger partial charge on any atom is 0.269 e. The Kier molecular flexibility index (Phi) is 3.19. The lowest BCUT2D eigenvalue weighted by molar-refractivity contribution is -0.379. The van der Waals surface area contributed by atoms with Crippen molar-refractivity contribution in [3.8, 4) is 0 Å². The van der Waals surface area contributed by atoms with Crippen LogP contribution < -0.4 is 10.6 Å². The van der Waals surface area contributed by atoms with Gasteiger partial charge >= 0.3 is 0 Å². The Morgan fingerprint density at radius 2 is 2.36 bits per heavy atom. The van der Waals surface area contributed by atoms with Gasteiger partial charge in [-0.2, -0.15) is 0 Å². The van der Waals surface area contributed by atoms with Crippen LogP contribution in [-0.2, 0) is 0 Å². The summed E-state index contributed by atoms with van der Waals surface area (Å²) in [6.07, 6.45) is 3.16. The summed E-state index contributed by atoms with van der Waals surface area (Å²) in [5, 5.41) is 11.9. The standard InChI is InChI=1S/C9H9ClN2O2/c1-3-7-8(10)4-5-11-9(7)6(2)12(13)14/h3-5H,1-2H3/b7-3-,9-6-. The molecule has 14 heavy (non-hydrogen) atoms. The molecule has 74 valence electrons. The van der Waals surface area contributed by atoms with Crippen LogP contribution in [0.3, 0.4) is 0 Å². The van der Waals surface area contributed by atoms with Crippen molar-refractivity contribution < 1.29 is 4.92 Å². The maximum absolute atomic E-state index is 10.6. The highest BCUT2D eigenvalue weighted by Crippen LogP contribution is 1.96. The first-order valence-electron chi connectivity index (χ1n) is 4.00. The number of rotatable bonds is 1. The third kappa shape index (κ3) is 1.90. The molecule has 0 radical (unpaired) electrons. The fraction of sp³-hybridized carbons (Fsp3) is 0.222. The topological polar surface area (TPSA) is 56.0 Å². The van der Waals surface area contributed by atoms with Crippen LogP contribution >= 0.6 is 11.6 Å². The predicted molar refractivity (Wildman–Crippen MR) is 54.7 cm³/mol. The van der Waals surface area contributed by atoms with E-state index in [2.05, 4.69) is 4.98 Å². The number of hydrogen-bond donors (Lipinski definition) is 0. The summed E-state index contributed by atoms with van der Waals surface area (Å²) >= 11 is 5.87. The highest BCUT2D eigenvalue weighted by atomic mass is 35.5. The Morgan fingerprint density at radius 1 is 1.71 bits per heavy atom. The van der Waals surface area contributed by atoms with Gasteiger partial charge in [-0.3, -0.25) is 10.1 Å². The molecule has 0 fully saturated rings. The molecular formula is C9H9ClN2O2. The zero-order valence-corrected chi connectivity index (χ0v) is 8.58. The van der Waals surface area contributed by atoms with E-state index >= 15 is 0 Å². The van der Waals surface area contributed by atoms with E-state index in [0.717, 1.165) is 0 Å². The normalized spacial score (nSPS) is 14.1. The molecule has 0 aliphatic carbocycles. The Balaban J connectivity index is 3.76. The zero-order chi connectivity index (χ0) is 10.7. The fourth-order valence-corrected chi connectivity index (χ4v) is 1.35. The Bertz CT molecular complexity index is 482. The molecule has 5 heteroatoms. The van der Waals surface area contributed by atoms with Gasteiger partial charge < -0.3 is 0 Å². The van der Waals surface area contributed by atoms with Gasteiger partial charge in [-0.25, -0.2) is 4.98 Å². The van der Waals surface area contributed by atoms with E-state index in [4.69, 9.17) is 11.6 Å². The summed E-state index contributed by atoms with van der Waals surface area (Å²) in [4.78, 5) is 14.0. The molecule has 0 amide bonds. The molecule has 1 rings (SSSR count). The van der Waals surface area contributed by atoms with Gasteiger partial charge in [-0.1, -0.05) is 17.7 Å². The summed E-state index contributed by atoms with van der Waals surface area (Å²) in [6.45, 7) is 3.17. The highest BCUT2D eigenvalue weighted by Gasteiger charge is 2.06. The molecule has 0 saturated carbocycles. The third-order valence-electron chi connectivity index (χ3n) is 1.84. The highest BCUT2D eigenvalue weighted by molar-refractivity contribution is 6.30. The average Bonchev–Trinajstić information content (AvgIpc) is 2.16. The third-order valence-corrected chi connectivity index (χ3v) is 2.17. The minimum Gasteiger partial charge on any atom is -0.259 e. The van der Waals surface area contributed by atoms with Crippen LogP contribution in [-0.4, -0.2) is 9.91 Å². The Labute approximate surface area is 85.7 Å². The molecule has 4 nitrogen and oxygen atoms in total. The van der Waals surface area contributed by atoms with E-state index in [0.29, 0.717) is 15.6 Å². The SMILES string of the molecule is C/C=c1/c(Cl)ccn/c1=C(/C)[N+](=O)[O-]. The van der Waals surface area contributed by atoms with Gasteiger partial charge in [0, 0.05) is 18.3 Å². The predicted octanol–water partition coefficient (Wildman–Crippen LogP) is 0.940.